The molecular weight excluding hydrogens is 483 g/mol. The first-order valence-corrected chi connectivity index (χ1v) is 12.4. The summed E-state index contributed by atoms with van der Waals surface area (Å²) in [5, 5.41) is 3.18. The average molecular weight is 513 g/mol. The average Bonchev–Trinajstić information content (AvgIpc) is 2.76. The van der Waals surface area contributed by atoms with Crippen molar-refractivity contribution in [3.63, 3.8) is 0 Å². The standard InChI is InChI=1S/C23H30ClFN4O4S/c1-16(2)26-23(31)17(3)28(14-18-8-6-7-9-21(18)24)22(30)15-29(34(32,33)27(4)5)20-12-10-19(25)11-13-20/h6-13,16-17H,14-15H2,1-5H3,(H,26,31)/t17-/m1/s1. The zero-order valence-corrected chi connectivity index (χ0v) is 21.4. The van der Waals surface area contributed by atoms with Crippen LogP contribution in [0.2, 0.25) is 5.02 Å². The second kappa shape index (κ2) is 11.6. The molecule has 186 valence electrons. The molecule has 1 N–H and O–H groups in total. The van der Waals surface area contributed by atoms with Gasteiger partial charge in [0.15, 0.2) is 0 Å². The van der Waals surface area contributed by atoms with Crippen LogP contribution in [0.1, 0.15) is 26.3 Å². The Kier molecular flexibility index (Phi) is 9.43. The minimum Gasteiger partial charge on any atom is -0.352 e. The number of anilines is 1. The van der Waals surface area contributed by atoms with Crippen LogP contribution in [-0.4, -0.2) is 62.2 Å². The minimum absolute atomic E-state index is 0.00947. The third-order valence-corrected chi connectivity index (χ3v) is 7.22. The summed E-state index contributed by atoms with van der Waals surface area (Å²) < 4.78 is 41.3. The lowest BCUT2D eigenvalue weighted by Gasteiger charge is -2.33. The largest absolute Gasteiger partial charge is 0.352 e. The molecule has 34 heavy (non-hydrogen) atoms. The highest BCUT2D eigenvalue weighted by Crippen LogP contribution is 2.23. The Morgan fingerprint density at radius 2 is 1.62 bits per heavy atom. The van der Waals surface area contributed by atoms with Crippen molar-refractivity contribution in [2.45, 2.75) is 39.4 Å². The molecule has 0 aromatic heterocycles. The molecule has 8 nitrogen and oxygen atoms in total. The van der Waals surface area contributed by atoms with Crippen LogP contribution in [0, 0.1) is 5.82 Å². The van der Waals surface area contributed by atoms with Gasteiger partial charge in [-0.05, 0) is 56.7 Å². The van der Waals surface area contributed by atoms with Crippen LogP contribution < -0.4 is 9.62 Å². The highest BCUT2D eigenvalue weighted by molar-refractivity contribution is 7.90. The number of nitrogens with zero attached hydrogens (tertiary/aromatic N) is 3. The summed E-state index contributed by atoms with van der Waals surface area (Å²) in [5.41, 5.74) is 0.714. The molecule has 0 heterocycles. The zero-order chi connectivity index (χ0) is 25.6. The number of benzene rings is 2. The number of rotatable bonds is 10. The summed E-state index contributed by atoms with van der Waals surface area (Å²) in [5.74, 6) is -1.56. The molecule has 0 aliphatic heterocycles. The number of halogens is 2. The van der Waals surface area contributed by atoms with E-state index < -0.39 is 34.5 Å². The van der Waals surface area contributed by atoms with E-state index in [0.29, 0.717) is 10.6 Å². The second-order valence-electron chi connectivity index (χ2n) is 8.23. The number of carbonyl (C=O) groups is 2. The van der Waals surface area contributed by atoms with Gasteiger partial charge < -0.3 is 10.2 Å². The Hall–Kier alpha value is -2.69. The quantitative estimate of drug-likeness (QED) is 0.530. The lowest BCUT2D eigenvalue weighted by atomic mass is 10.1. The van der Waals surface area contributed by atoms with Crippen molar-refractivity contribution >= 4 is 39.3 Å². The van der Waals surface area contributed by atoms with Crippen molar-refractivity contribution in [1.82, 2.24) is 14.5 Å². The SMILES string of the molecule is CC(C)NC(=O)[C@@H](C)N(Cc1ccccc1Cl)C(=O)CN(c1ccc(F)cc1)S(=O)(=O)N(C)C. The molecule has 0 saturated carbocycles. The fraction of sp³-hybridized carbons (Fsp3) is 0.391. The zero-order valence-electron chi connectivity index (χ0n) is 19.8. The predicted octanol–water partition coefficient (Wildman–Crippen LogP) is 3.03. The summed E-state index contributed by atoms with van der Waals surface area (Å²) in [6.45, 7) is 4.55. The van der Waals surface area contributed by atoms with Gasteiger partial charge in [-0.2, -0.15) is 12.7 Å². The monoisotopic (exact) mass is 512 g/mol. The lowest BCUT2D eigenvalue weighted by molar-refractivity contribution is -0.139. The fourth-order valence-electron chi connectivity index (χ4n) is 3.12. The molecule has 0 spiro atoms. The van der Waals surface area contributed by atoms with Crippen molar-refractivity contribution in [3.05, 3.63) is 64.9 Å². The molecule has 2 aromatic carbocycles. The third kappa shape index (κ3) is 6.91. The van der Waals surface area contributed by atoms with Crippen molar-refractivity contribution in [2.75, 3.05) is 24.9 Å². The molecule has 0 unspecified atom stereocenters. The number of nitrogens with one attached hydrogen (secondary N) is 1. The van der Waals surface area contributed by atoms with Gasteiger partial charge in [0, 0.05) is 31.7 Å². The number of amides is 2. The molecule has 0 aliphatic rings. The molecule has 0 radical (unpaired) electrons. The first-order chi connectivity index (χ1) is 15.8. The van der Waals surface area contributed by atoms with Crippen molar-refractivity contribution in [2.24, 2.45) is 0 Å². The molecule has 0 bridgehead atoms. The van der Waals surface area contributed by atoms with E-state index in [1.54, 1.807) is 45.0 Å². The molecule has 1 atom stereocenters. The van der Waals surface area contributed by atoms with Gasteiger partial charge in [0.25, 0.3) is 0 Å². The van der Waals surface area contributed by atoms with Crippen LogP contribution in [0.4, 0.5) is 10.1 Å². The molecule has 2 rings (SSSR count). The van der Waals surface area contributed by atoms with Gasteiger partial charge in [0.1, 0.15) is 18.4 Å². The molecule has 0 saturated heterocycles. The molecule has 2 amide bonds. The molecule has 0 aliphatic carbocycles. The van der Waals surface area contributed by atoms with E-state index in [4.69, 9.17) is 11.6 Å². The normalized spacial score (nSPS) is 12.5. The van der Waals surface area contributed by atoms with E-state index in [9.17, 15) is 22.4 Å². The first kappa shape index (κ1) is 27.6. The van der Waals surface area contributed by atoms with Crippen LogP contribution >= 0.6 is 11.6 Å². The van der Waals surface area contributed by atoms with E-state index in [2.05, 4.69) is 5.32 Å². The third-order valence-electron chi connectivity index (χ3n) is 5.03. The summed E-state index contributed by atoms with van der Waals surface area (Å²) in [6.07, 6.45) is 0. The van der Waals surface area contributed by atoms with Crippen LogP contribution in [-0.2, 0) is 26.3 Å². The maximum atomic E-state index is 13.5. The van der Waals surface area contributed by atoms with E-state index in [0.717, 1.165) is 20.7 Å². The molecule has 2 aromatic rings. The smallest absolute Gasteiger partial charge is 0.304 e. The fourth-order valence-corrected chi connectivity index (χ4v) is 4.37. The number of carbonyl (C=O) groups excluding carboxylic acids is 2. The van der Waals surface area contributed by atoms with Gasteiger partial charge in [0.05, 0.1) is 5.69 Å². The maximum Gasteiger partial charge on any atom is 0.304 e. The van der Waals surface area contributed by atoms with Crippen LogP contribution in [0.3, 0.4) is 0 Å². The van der Waals surface area contributed by atoms with Crippen molar-refractivity contribution in [3.8, 4) is 0 Å². The Labute approximate surface area is 205 Å². The first-order valence-electron chi connectivity index (χ1n) is 10.6. The van der Waals surface area contributed by atoms with Crippen LogP contribution in [0.5, 0.6) is 0 Å². The highest BCUT2D eigenvalue weighted by atomic mass is 35.5. The highest BCUT2D eigenvalue weighted by Gasteiger charge is 2.33. The van der Waals surface area contributed by atoms with E-state index in [1.165, 1.54) is 31.1 Å². The summed E-state index contributed by atoms with van der Waals surface area (Å²) >= 11 is 6.29. The topological polar surface area (TPSA) is 90.0 Å². The van der Waals surface area contributed by atoms with Gasteiger partial charge in [-0.15, -0.1) is 0 Å². The van der Waals surface area contributed by atoms with Crippen molar-refractivity contribution in [1.29, 1.82) is 0 Å². The van der Waals surface area contributed by atoms with Crippen LogP contribution in [0.15, 0.2) is 48.5 Å². The maximum absolute atomic E-state index is 13.5. The van der Waals surface area contributed by atoms with Gasteiger partial charge in [0.2, 0.25) is 11.8 Å². The Morgan fingerprint density at radius 3 is 2.15 bits per heavy atom. The molecule has 11 heteroatoms. The Morgan fingerprint density at radius 1 is 1.03 bits per heavy atom. The van der Waals surface area contributed by atoms with Gasteiger partial charge in [-0.3, -0.25) is 9.59 Å². The lowest BCUT2D eigenvalue weighted by Crippen LogP contribution is -2.53. The van der Waals surface area contributed by atoms with E-state index >= 15 is 0 Å². The van der Waals surface area contributed by atoms with Crippen molar-refractivity contribution < 1.29 is 22.4 Å². The van der Waals surface area contributed by atoms with Gasteiger partial charge in [-0.1, -0.05) is 29.8 Å². The Balaban J connectivity index is 2.46. The predicted molar refractivity (Wildman–Crippen MR) is 131 cm³/mol. The van der Waals surface area contributed by atoms with E-state index in [1.807, 2.05) is 0 Å². The summed E-state index contributed by atoms with van der Waals surface area (Å²) in [6, 6.07) is 10.6. The molecule has 0 fully saturated rings. The second-order valence-corrected chi connectivity index (χ2v) is 10.7. The van der Waals surface area contributed by atoms with Crippen LogP contribution in [0.25, 0.3) is 0 Å². The van der Waals surface area contributed by atoms with Gasteiger partial charge in [-0.25, -0.2) is 8.70 Å². The Bertz CT molecular complexity index is 1110. The number of hydrogen-bond donors (Lipinski definition) is 1. The summed E-state index contributed by atoms with van der Waals surface area (Å²) in [7, 11) is -1.45. The minimum atomic E-state index is -4.11. The van der Waals surface area contributed by atoms with Gasteiger partial charge >= 0.3 is 10.2 Å². The molecular formula is C23H30ClFN4O4S. The summed E-state index contributed by atoms with van der Waals surface area (Å²) in [4.78, 5) is 27.5. The van der Waals surface area contributed by atoms with E-state index in [-0.39, 0.29) is 24.2 Å². The number of hydrogen-bond acceptors (Lipinski definition) is 4.